The Bertz CT molecular complexity index is 431. The lowest BCUT2D eigenvalue weighted by Gasteiger charge is -2.12. The van der Waals surface area contributed by atoms with Gasteiger partial charge in [0, 0.05) is 22.5 Å². The van der Waals surface area contributed by atoms with Crippen molar-refractivity contribution in [2.75, 3.05) is 17.6 Å². The molecule has 0 amide bonds. The maximum Gasteiger partial charge on any atom is 0.441 e. The van der Waals surface area contributed by atoms with Gasteiger partial charge in [0.1, 0.15) is 0 Å². The van der Waals surface area contributed by atoms with Crippen LogP contribution in [0.4, 0.5) is 32.0 Å². The van der Waals surface area contributed by atoms with Crippen LogP contribution in [0.5, 0.6) is 0 Å². The second-order valence-electron chi connectivity index (χ2n) is 3.41. The van der Waals surface area contributed by atoms with Gasteiger partial charge in [-0.15, -0.1) is 0 Å². The topological polar surface area (TPSA) is 12.0 Å². The molecule has 0 bridgehead atoms. The van der Waals surface area contributed by atoms with E-state index in [0.29, 0.717) is 0 Å². The van der Waals surface area contributed by atoms with Crippen LogP contribution in [0.1, 0.15) is 5.56 Å². The molecule has 1 nitrogen and oxygen atoms in total. The maximum absolute atomic E-state index is 12.6. The van der Waals surface area contributed by atoms with E-state index < -0.39 is 17.2 Å². The summed E-state index contributed by atoms with van der Waals surface area (Å²) in [5, 5.41) is 2.52. The number of rotatable bonds is 4. The van der Waals surface area contributed by atoms with Gasteiger partial charge in [-0.3, -0.25) is 0 Å². The van der Waals surface area contributed by atoms with Crippen molar-refractivity contribution in [1.29, 1.82) is 0 Å². The smallest absolute Gasteiger partial charge is 0.384 e. The van der Waals surface area contributed by atoms with Crippen LogP contribution in [0.25, 0.3) is 0 Å². The average molecular weight is 368 g/mol. The number of nitrogens with one attached hydrogen (secondary N) is 1. The summed E-state index contributed by atoms with van der Waals surface area (Å²) >= 11 is 2.55. The van der Waals surface area contributed by atoms with E-state index in [2.05, 4.69) is 21.2 Å². The van der Waals surface area contributed by atoms with Gasteiger partial charge in [-0.2, -0.15) is 26.3 Å². The zero-order valence-corrected chi connectivity index (χ0v) is 11.6. The summed E-state index contributed by atoms with van der Waals surface area (Å²) < 4.78 is 73.1. The van der Waals surface area contributed by atoms with Crippen molar-refractivity contribution < 1.29 is 26.3 Å². The van der Waals surface area contributed by atoms with Crippen LogP contribution in [-0.4, -0.2) is 17.8 Å². The van der Waals surface area contributed by atoms with Gasteiger partial charge in [0.05, 0.1) is 5.56 Å². The van der Waals surface area contributed by atoms with E-state index >= 15 is 0 Å². The minimum Gasteiger partial charge on any atom is -0.384 e. The number of benzene rings is 1. The highest BCUT2D eigenvalue weighted by Crippen LogP contribution is 2.36. The third kappa shape index (κ3) is 5.94. The van der Waals surface area contributed by atoms with E-state index in [0.717, 1.165) is 6.07 Å². The Kier molecular flexibility index (Phi) is 5.43. The minimum absolute atomic E-state index is 0.0803. The Hall–Kier alpha value is -0.570. The number of hydrogen-bond acceptors (Lipinski definition) is 2. The largest absolute Gasteiger partial charge is 0.441 e. The molecule has 19 heavy (non-hydrogen) atoms. The molecular weight excluding hydrogens is 360 g/mol. The molecule has 0 radical (unpaired) electrons. The summed E-state index contributed by atoms with van der Waals surface area (Å²) in [6.45, 7) is -0.0803. The first-order valence-electron chi connectivity index (χ1n) is 4.91. The van der Waals surface area contributed by atoms with Crippen molar-refractivity contribution in [1.82, 2.24) is 0 Å². The maximum atomic E-state index is 12.6. The van der Waals surface area contributed by atoms with E-state index in [9.17, 15) is 26.3 Å². The van der Waals surface area contributed by atoms with Crippen molar-refractivity contribution in [2.24, 2.45) is 0 Å². The van der Waals surface area contributed by atoms with Crippen molar-refractivity contribution >= 4 is 33.4 Å². The number of anilines is 1. The van der Waals surface area contributed by atoms with Crippen LogP contribution in [0.15, 0.2) is 22.7 Å². The molecule has 0 aliphatic carbocycles. The van der Waals surface area contributed by atoms with Gasteiger partial charge in [-0.05, 0) is 30.0 Å². The fourth-order valence-corrected chi connectivity index (χ4v) is 2.12. The predicted octanol–water partition coefficient (Wildman–Crippen LogP) is 5.13. The summed E-state index contributed by atoms with van der Waals surface area (Å²) in [5.41, 5.74) is -5.09. The first-order chi connectivity index (χ1) is 8.59. The number of hydrogen-bond donors (Lipinski definition) is 1. The molecule has 108 valence electrons. The van der Waals surface area contributed by atoms with Crippen molar-refractivity contribution in [3.63, 3.8) is 0 Å². The fourth-order valence-electron chi connectivity index (χ4n) is 1.21. The van der Waals surface area contributed by atoms with Gasteiger partial charge in [0.25, 0.3) is 0 Å². The second kappa shape index (κ2) is 6.25. The van der Waals surface area contributed by atoms with Gasteiger partial charge < -0.3 is 5.32 Å². The molecule has 0 aliphatic rings. The Morgan fingerprint density at radius 1 is 1.11 bits per heavy atom. The van der Waals surface area contributed by atoms with Gasteiger partial charge in [-0.1, -0.05) is 15.9 Å². The van der Waals surface area contributed by atoms with E-state index in [1.165, 1.54) is 12.1 Å². The summed E-state index contributed by atoms with van der Waals surface area (Å²) in [7, 11) is 0. The van der Waals surface area contributed by atoms with Gasteiger partial charge >= 0.3 is 11.7 Å². The molecule has 0 aromatic heterocycles. The number of alkyl halides is 6. The second-order valence-corrected chi connectivity index (χ2v) is 5.43. The monoisotopic (exact) mass is 367 g/mol. The first kappa shape index (κ1) is 16.5. The Labute approximate surface area is 117 Å². The van der Waals surface area contributed by atoms with Crippen molar-refractivity contribution in [3.05, 3.63) is 28.2 Å². The van der Waals surface area contributed by atoms with Crippen LogP contribution < -0.4 is 5.32 Å². The highest BCUT2D eigenvalue weighted by atomic mass is 79.9. The van der Waals surface area contributed by atoms with E-state index in [1.54, 1.807) is 0 Å². The third-order valence-corrected chi connectivity index (χ3v) is 3.40. The lowest BCUT2D eigenvalue weighted by molar-refractivity contribution is -0.138. The van der Waals surface area contributed by atoms with Crippen LogP contribution >= 0.6 is 27.7 Å². The zero-order valence-electron chi connectivity index (χ0n) is 9.20. The van der Waals surface area contributed by atoms with Crippen molar-refractivity contribution in [2.45, 2.75) is 11.7 Å². The highest BCUT2D eigenvalue weighted by Gasteiger charge is 2.33. The summed E-state index contributed by atoms with van der Waals surface area (Å²) in [6, 6.07) is 3.40. The first-order valence-corrected chi connectivity index (χ1v) is 6.69. The molecule has 9 heteroatoms. The number of thioether (sulfide) groups is 1. The van der Waals surface area contributed by atoms with Gasteiger partial charge in [0.2, 0.25) is 0 Å². The molecule has 0 saturated heterocycles. The molecule has 1 N–H and O–H groups in total. The Morgan fingerprint density at radius 3 is 2.26 bits per heavy atom. The van der Waals surface area contributed by atoms with Gasteiger partial charge in [0.15, 0.2) is 0 Å². The fraction of sp³-hybridized carbons (Fsp3) is 0.400. The molecule has 0 atom stereocenters. The highest BCUT2D eigenvalue weighted by molar-refractivity contribution is 9.10. The van der Waals surface area contributed by atoms with Crippen LogP contribution in [0.2, 0.25) is 0 Å². The quantitative estimate of drug-likeness (QED) is 0.584. The number of halogens is 7. The molecule has 0 aliphatic heterocycles. The summed E-state index contributed by atoms with van der Waals surface area (Å²) in [6.07, 6.45) is -4.52. The van der Waals surface area contributed by atoms with E-state index in [4.69, 9.17) is 0 Å². The molecule has 0 saturated carbocycles. The zero-order chi connectivity index (χ0) is 14.7. The molecule has 0 unspecified atom stereocenters. The van der Waals surface area contributed by atoms with Crippen LogP contribution in [0.3, 0.4) is 0 Å². The van der Waals surface area contributed by atoms with E-state index in [-0.39, 0.29) is 34.2 Å². The Balaban J connectivity index is 2.61. The van der Waals surface area contributed by atoms with E-state index in [1.807, 2.05) is 0 Å². The molecule has 1 rings (SSSR count). The molecule has 0 heterocycles. The molecule has 0 fully saturated rings. The SMILES string of the molecule is FC(F)(F)SCCNc1ccc(Br)c(C(F)(F)F)c1. The average Bonchev–Trinajstić information content (AvgIpc) is 2.23. The van der Waals surface area contributed by atoms with Crippen LogP contribution in [-0.2, 0) is 6.18 Å². The Morgan fingerprint density at radius 2 is 1.74 bits per heavy atom. The molecule has 0 spiro atoms. The molecular formula is C10H8BrF6NS. The molecule has 1 aromatic carbocycles. The standard InChI is InChI=1S/C10H8BrF6NS/c11-8-2-1-6(5-7(8)9(12,13)14)18-3-4-19-10(15,16)17/h1-2,5,18H,3-4H2. The summed E-state index contributed by atoms with van der Waals surface area (Å²) in [4.78, 5) is 0. The summed E-state index contributed by atoms with van der Waals surface area (Å²) in [5.74, 6) is -0.277. The predicted molar refractivity (Wildman–Crippen MR) is 66.1 cm³/mol. The minimum atomic E-state index is -4.52. The van der Waals surface area contributed by atoms with Crippen molar-refractivity contribution in [3.8, 4) is 0 Å². The lowest BCUT2D eigenvalue weighted by Crippen LogP contribution is -2.11. The lowest BCUT2D eigenvalue weighted by atomic mass is 10.2. The van der Waals surface area contributed by atoms with Crippen LogP contribution in [0, 0.1) is 0 Å². The van der Waals surface area contributed by atoms with Gasteiger partial charge in [-0.25, -0.2) is 0 Å². The third-order valence-electron chi connectivity index (χ3n) is 1.97. The normalized spacial score (nSPS) is 12.6. The molecule has 1 aromatic rings.